The molecule has 0 bridgehead atoms. The number of aromatic hydroxyl groups is 1. The van der Waals surface area contributed by atoms with Crippen molar-refractivity contribution in [3.8, 4) is 5.75 Å². The molecule has 8 rings (SSSR count). The van der Waals surface area contributed by atoms with Crippen LogP contribution < -0.4 is 14.7 Å². The van der Waals surface area contributed by atoms with Crippen molar-refractivity contribution < 1.29 is 33.4 Å². The summed E-state index contributed by atoms with van der Waals surface area (Å²) in [5.74, 6) is -6.65. The molecular weight excluding hydrogens is 601 g/mol. The lowest BCUT2D eigenvalue weighted by Crippen LogP contribution is -2.49. The lowest BCUT2D eigenvalue weighted by Gasteiger charge is -2.49. The number of hydrogen-bond donors (Lipinski definition) is 1. The summed E-state index contributed by atoms with van der Waals surface area (Å²) in [6.07, 6.45) is 2.32. The number of amides is 4. The molecule has 4 amide bonds. The molecule has 4 fully saturated rings. The monoisotopic (exact) mass is 635 g/mol. The van der Waals surface area contributed by atoms with Gasteiger partial charge in [-0.3, -0.25) is 24.1 Å². The van der Waals surface area contributed by atoms with E-state index >= 15 is 0 Å². The van der Waals surface area contributed by atoms with Crippen molar-refractivity contribution in [1.82, 2.24) is 0 Å². The summed E-state index contributed by atoms with van der Waals surface area (Å²) in [5, 5.41) is 11.0. The fraction of sp³-hybridized carbons (Fsp3) is 0.351. The van der Waals surface area contributed by atoms with Gasteiger partial charge in [-0.1, -0.05) is 42.0 Å². The number of rotatable bonds is 4. The van der Waals surface area contributed by atoms with E-state index in [1.165, 1.54) is 15.9 Å². The van der Waals surface area contributed by atoms with Crippen LogP contribution >= 0.6 is 0 Å². The van der Waals surface area contributed by atoms with Crippen LogP contribution in [0.4, 0.5) is 21.5 Å². The van der Waals surface area contributed by atoms with E-state index in [2.05, 4.69) is 4.90 Å². The van der Waals surface area contributed by atoms with Crippen LogP contribution in [0.2, 0.25) is 0 Å². The maximum Gasteiger partial charge on any atom is 0.241 e. The number of imide groups is 2. The minimum absolute atomic E-state index is 0.173. The summed E-state index contributed by atoms with van der Waals surface area (Å²) in [7, 11) is 0. The molecule has 1 N–H and O–H groups in total. The highest BCUT2D eigenvalue weighted by Crippen LogP contribution is 2.64. The van der Waals surface area contributed by atoms with Crippen molar-refractivity contribution >= 4 is 40.7 Å². The van der Waals surface area contributed by atoms with E-state index in [0.717, 1.165) is 24.8 Å². The molecule has 0 aromatic heterocycles. The van der Waals surface area contributed by atoms with Crippen LogP contribution in [0.3, 0.4) is 0 Å². The molecule has 10 heteroatoms. The molecule has 0 radical (unpaired) electrons. The molecule has 6 atom stereocenters. The quantitative estimate of drug-likeness (QED) is 0.324. The van der Waals surface area contributed by atoms with E-state index in [4.69, 9.17) is 4.74 Å². The van der Waals surface area contributed by atoms with Gasteiger partial charge in [0.25, 0.3) is 0 Å². The number of anilines is 3. The molecule has 2 aliphatic carbocycles. The first-order valence-electron chi connectivity index (χ1n) is 16.1. The minimum Gasteiger partial charge on any atom is -0.505 e. The summed E-state index contributed by atoms with van der Waals surface area (Å²) >= 11 is 0. The molecule has 3 saturated heterocycles. The Hall–Kier alpha value is -4.83. The third kappa shape index (κ3) is 4.23. The number of nitrogens with zero attached hydrogens (tertiary/aromatic N) is 3. The standard InChI is InChI=1S/C37H34FN3O6/c1-37-28(34(44)41(36(37)46)22-6-3-2-4-7-22)20-27-24(31(37)26-8-5-9-29(38)32(26)42)14-15-25-30(27)35(45)40(33(25)43)23-12-10-21(11-13-23)39-16-18-47-19-17-39/h2-14,25,27-28,30-31,42H,15-20H2,1H3. The molecule has 6 unspecified atom stereocenters. The van der Waals surface area contributed by atoms with Crippen LogP contribution in [0.15, 0.2) is 84.4 Å². The summed E-state index contributed by atoms with van der Waals surface area (Å²) in [5.41, 5.74) is 1.40. The Bertz CT molecular complexity index is 1840. The number of benzene rings is 3. The molecule has 3 heterocycles. The summed E-state index contributed by atoms with van der Waals surface area (Å²) in [6.45, 7) is 4.49. The van der Waals surface area contributed by atoms with Gasteiger partial charge in [0.05, 0.1) is 47.8 Å². The second-order valence-electron chi connectivity index (χ2n) is 13.3. The zero-order valence-electron chi connectivity index (χ0n) is 25.8. The Morgan fingerprint density at radius 3 is 2.19 bits per heavy atom. The van der Waals surface area contributed by atoms with Crippen LogP contribution in [0.1, 0.15) is 31.2 Å². The van der Waals surface area contributed by atoms with E-state index in [0.29, 0.717) is 30.2 Å². The zero-order valence-corrected chi connectivity index (χ0v) is 25.8. The van der Waals surface area contributed by atoms with E-state index in [9.17, 15) is 28.7 Å². The maximum absolute atomic E-state index is 14.9. The highest BCUT2D eigenvalue weighted by atomic mass is 19.1. The molecule has 1 saturated carbocycles. The van der Waals surface area contributed by atoms with Crippen LogP contribution in [-0.2, 0) is 23.9 Å². The number of phenolic OH excluding ortho intramolecular Hbond substituents is 1. The molecule has 3 aromatic carbocycles. The van der Waals surface area contributed by atoms with Gasteiger partial charge in [0.1, 0.15) is 0 Å². The normalized spacial score (nSPS) is 30.3. The zero-order chi connectivity index (χ0) is 32.6. The number of carbonyl (C=O) groups is 4. The highest BCUT2D eigenvalue weighted by Gasteiger charge is 2.68. The van der Waals surface area contributed by atoms with E-state index in [1.807, 2.05) is 18.2 Å². The van der Waals surface area contributed by atoms with Crippen molar-refractivity contribution in [2.45, 2.75) is 25.7 Å². The van der Waals surface area contributed by atoms with Gasteiger partial charge < -0.3 is 14.7 Å². The largest absolute Gasteiger partial charge is 0.505 e. The Balaban J connectivity index is 1.20. The molecule has 0 spiro atoms. The van der Waals surface area contributed by atoms with E-state index < -0.39 is 58.4 Å². The lowest BCUT2D eigenvalue weighted by atomic mass is 9.51. The number of ether oxygens (including phenoxy) is 1. The Morgan fingerprint density at radius 2 is 1.47 bits per heavy atom. The fourth-order valence-corrected chi connectivity index (χ4v) is 8.84. The number of allylic oxidation sites excluding steroid dienone is 2. The number of halogens is 1. The van der Waals surface area contributed by atoms with Gasteiger partial charge in [0, 0.05) is 30.3 Å². The van der Waals surface area contributed by atoms with Crippen molar-refractivity contribution in [2.24, 2.45) is 29.1 Å². The number of phenols is 1. The third-order valence-electron chi connectivity index (χ3n) is 11.1. The first-order chi connectivity index (χ1) is 22.7. The number of morpholine rings is 1. The van der Waals surface area contributed by atoms with Crippen molar-refractivity contribution in [1.29, 1.82) is 0 Å². The topological polar surface area (TPSA) is 107 Å². The average Bonchev–Trinajstić information content (AvgIpc) is 3.46. The number of fused-ring (bicyclic) bond motifs is 4. The summed E-state index contributed by atoms with van der Waals surface area (Å²) in [4.78, 5) is 61.5. The smallest absolute Gasteiger partial charge is 0.241 e. The second-order valence-corrected chi connectivity index (χ2v) is 13.3. The van der Waals surface area contributed by atoms with Crippen molar-refractivity contribution in [2.75, 3.05) is 41.0 Å². The third-order valence-corrected chi connectivity index (χ3v) is 11.1. The highest BCUT2D eigenvalue weighted by molar-refractivity contribution is 6.25. The van der Waals surface area contributed by atoms with E-state index in [-0.39, 0.29) is 30.2 Å². The van der Waals surface area contributed by atoms with Crippen LogP contribution in [0.5, 0.6) is 5.75 Å². The van der Waals surface area contributed by atoms with Gasteiger partial charge in [-0.2, -0.15) is 0 Å². The molecule has 9 nitrogen and oxygen atoms in total. The van der Waals surface area contributed by atoms with Crippen LogP contribution in [0, 0.1) is 34.9 Å². The predicted octanol–water partition coefficient (Wildman–Crippen LogP) is 4.80. The Morgan fingerprint density at radius 1 is 0.787 bits per heavy atom. The fourth-order valence-electron chi connectivity index (χ4n) is 8.84. The van der Waals surface area contributed by atoms with Gasteiger partial charge in [0.2, 0.25) is 23.6 Å². The molecule has 47 heavy (non-hydrogen) atoms. The molecule has 3 aromatic rings. The Kier molecular flexibility index (Phi) is 6.84. The molecule has 240 valence electrons. The molecular formula is C37H34FN3O6. The number of carbonyl (C=O) groups excluding carboxylic acids is 4. The summed E-state index contributed by atoms with van der Waals surface area (Å²) < 4.78 is 20.4. The SMILES string of the molecule is CC12C(=O)N(c3ccccc3)C(=O)C1CC1C(=CCC3C(=O)N(c4ccc(N5CCOCC5)cc4)C(=O)C31)C2c1cccc(F)c1O. The van der Waals surface area contributed by atoms with Crippen molar-refractivity contribution in [3.05, 3.63) is 95.8 Å². The van der Waals surface area contributed by atoms with Crippen LogP contribution in [-0.4, -0.2) is 55.0 Å². The van der Waals surface area contributed by atoms with Crippen LogP contribution in [0.25, 0.3) is 0 Å². The van der Waals surface area contributed by atoms with Gasteiger partial charge in [-0.15, -0.1) is 0 Å². The van der Waals surface area contributed by atoms with Gasteiger partial charge >= 0.3 is 0 Å². The lowest BCUT2D eigenvalue weighted by molar-refractivity contribution is -0.131. The van der Waals surface area contributed by atoms with Gasteiger partial charge in [-0.05, 0) is 68.1 Å². The Labute approximate surface area is 271 Å². The molecule has 3 aliphatic heterocycles. The predicted molar refractivity (Wildman–Crippen MR) is 171 cm³/mol. The average molecular weight is 636 g/mol. The van der Waals surface area contributed by atoms with Crippen molar-refractivity contribution in [3.63, 3.8) is 0 Å². The van der Waals surface area contributed by atoms with E-state index in [1.54, 1.807) is 55.5 Å². The number of hydrogen-bond acceptors (Lipinski definition) is 7. The number of para-hydroxylation sites is 2. The minimum atomic E-state index is -1.37. The second kappa shape index (κ2) is 10.9. The maximum atomic E-state index is 14.9. The molecule has 5 aliphatic rings. The summed E-state index contributed by atoms with van der Waals surface area (Å²) in [6, 6.07) is 20.2. The first-order valence-corrected chi connectivity index (χ1v) is 16.1. The van der Waals surface area contributed by atoms with Gasteiger partial charge in [-0.25, -0.2) is 9.29 Å². The first kappa shape index (κ1) is 29.6. The van der Waals surface area contributed by atoms with Gasteiger partial charge in [0.15, 0.2) is 11.6 Å².